The summed E-state index contributed by atoms with van der Waals surface area (Å²) in [6.07, 6.45) is -1.00. The summed E-state index contributed by atoms with van der Waals surface area (Å²) in [6.45, 7) is 1.48. The topological polar surface area (TPSA) is 84.9 Å². The predicted octanol–water partition coefficient (Wildman–Crippen LogP) is 5.03. The monoisotopic (exact) mass is 590 g/mol. The van der Waals surface area contributed by atoms with Gasteiger partial charge in [-0.05, 0) is 79.9 Å². The Kier molecular flexibility index (Phi) is 9.05. The molecule has 1 aliphatic heterocycles. The third kappa shape index (κ3) is 7.49. The average Bonchev–Trinajstić information content (AvgIpc) is 3.70. The van der Waals surface area contributed by atoms with Gasteiger partial charge in [0.15, 0.2) is 0 Å². The molecule has 4 rings (SSSR count). The van der Waals surface area contributed by atoms with Gasteiger partial charge in [0.25, 0.3) is 5.91 Å². The van der Waals surface area contributed by atoms with Crippen LogP contribution in [0.3, 0.4) is 0 Å². The van der Waals surface area contributed by atoms with Gasteiger partial charge in [-0.25, -0.2) is 21.9 Å². The molecule has 7 nitrogen and oxygen atoms in total. The number of sulfonamides is 1. The van der Waals surface area contributed by atoms with Crippen LogP contribution in [0.1, 0.15) is 64.7 Å². The summed E-state index contributed by atoms with van der Waals surface area (Å²) < 4.78 is 104. The van der Waals surface area contributed by atoms with Crippen LogP contribution in [0.25, 0.3) is 0 Å². The highest BCUT2D eigenvalue weighted by Crippen LogP contribution is 2.45. The van der Waals surface area contributed by atoms with E-state index in [4.69, 9.17) is 9.47 Å². The molecule has 2 aliphatic rings. The largest absolute Gasteiger partial charge is 0.493 e. The molecule has 2 aromatic carbocycles. The fraction of sp³-hybridized carbons (Fsp3) is 0.519. The Bertz CT molecular complexity index is 1340. The molecule has 220 valence electrons. The Balaban J connectivity index is 1.41. The van der Waals surface area contributed by atoms with E-state index in [-0.39, 0.29) is 30.6 Å². The standard InChI is InChI=1S/C27H31F5N2O5S/c1-38-15-24(18-5-6-22(28)21(11-18)27(30,31)32)34-9-7-16(8-10-34)14-39-25-13-23(29)20(12-19(25)17-3-4-17)26(35)33-40(2,36)37/h5-6,11-13,16-17,24H,3-4,7-10,14-15H2,1-2H3,(H,33,35)/t24-/m0/s1. The van der Waals surface area contributed by atoms with Crippen LogP contribution in [-0.2, 0) is 20.9 Å². The zero-order valence-corrected chi connectivity index (χ0v) is 22.9. The summed E-state index contributed by atoms with van der Waals surface area (Å²) in [6, 6.07) is 4.97. The maximum atomic E-state index is 14.8. The van der Waals surface area contributed by atoms with E-state index in [1.165, 1.54) is 19.2 Å². The molecule has 0 spiro atoms. The molecule has 1 amide bonds. The minimum absolute atomic E-state index is 0.0849. The second kappa shape index (κ2) is 12.0. The number of methoxy groups -OCH3 is 1. The summed E-state index contributed by atoms with van der Waals surface area (Å²) in [5.41, 5.74) is -0.719. The quantitative estimate of drug-likeness (QED) is 0.391. The highest BCUT2D eigenvalue weighted by Gasteiger charge is 2.36. The van der Waals surface area contributed by atoms with Gasteiger partial charge in [0.2, 0.25) is 10.0 Å². The van der Waals surface area contributed by atoms with Crippen LogP contribution in [-0.4, -0.2) is 58.9 Å². The van der Waals surface area contributed by atoms with E-state index < -0.39 is 45.3 Å². The van der Waals surface area contributed by atoms with Gasteiger partial charge < -0.3 is 9.47 Å². The fourth-order valence-corrected chi connectivity index (χ4v) is 5.43. The van der Waals surface area contributed by atoms with Crippen molar-refractivity contribution >= 4 is 15.9 Å². The molecule has 0 radical (unpaired) electrons. The van der Waals surface area contributed by atoms with Gasteiger partial charge >= 0.3 is 6.18 Å². The number of carbonyl (C=O) groups is 1. The van der Waals surface area contributed by atoms with Crippen molar-refractivity contribution in [1.82, 2.24) is 9.62 Å². The number of rotatable bonds is 10. The number of carbonyl (C=O) groups excluding carboxylic acids is 1. The van der Waals surface area contributed by atoms with Crippen molar-refractivity contribution in [3.63, 3.8) is 0 Å². The number of amides is 1. The molecule has 13 heteroatoms. The van der Waals surface area contributed by atoms with Crippen molar-refractivity contribution in [1.29, 1.82) is 0 Å². The molecule has 1 N–H and O–H groups in total. The third-order valence-corrected chi connectivity index (χ3v) is 7.77. The summed E-state index contributed by atoms with van der Waals surface area (Å²) in [4.78, 5) is 14.3. The minimum Gasteiger partial charge on any atom is -0.493 e. The van der Waals surface area contributed by atoms with Crippen molar-refractivity contribution in [3.8, 4) is 5.75 Å². The Morgan fingerprint density at radius 1 is 1.07 bits per heavy atom. The number of benzene rings is 2. The zero-order valence-electron chi connectivity index (χ0n) is 22.1. The number of nitrogens with zero attached hydrogens (tertiary/aromatic N) is 1. The van der Waals surface area contributed by atoms with E-state index in [0.717, 1.165) is 37.3 Å². The zero-order chi connectivity index (χ0) is 29.2. The normalized spacial score (nSPS) is 18.0. The van der Waals surface area contributed by atoms with Crippen LogP contribution in [0, 0.1) is 17.6 Å². The van der Waals surface area contributed by atoms with Crippen LogP contribution in [0.15, 0.2) is 30.3 Å². The van der Waals surface area contributed by atoms with Crippen molar-refractivity contribution < 1.29 is 44.6 Å². The van der Waals surface area contributed by atoms with Crippen molar-refractivity contribution in [2.24, 2.45) is 5.92 Å². The lowest BCUT2D eigenvalue weighted by atomic mass is 9.94. The first-order chi connectivity index (χ1) is 18.8. The van der Waals surface area contributed by atoms with Gasteiger partial charge in [0.05, 0.1) is 36.6 Å². The van der Waals surface area contributed by atoms with Crippen molar-refractivity contribution in [3.05, 3.63) is 64.2 Å². The van der Waals surface area contributed by atoms with E-state index in [1.54, 1.807) is 4.72 Å². The Morgan fingerprint density at radius 3 is 2.33 bits per heavy atom. The molecule has 1 atom stereocenters. The maximum absolute atomic E-state index is 14.8. The van der Waals surface area contributed by atoms with E-state index >= 15 is 0 Å². The molecule has 0 bridgehead atoms. The number of halogens is 5. The molecule has 0 unspecified atom stereocenters. The number of alkyl halides is 3. The van der Waals surface area contributed by atoms with Crippen LogP contribution in [0.2, 0.25) is 0 Å². The smallest absolute Gasteiger partial charge is 0.419 e. The van der Waals surface area contributed by atoms with Crippen LogP contribution >= 0.6 is 0 Å². The highest BCUT2D eigenvalue weighted by atomic mass is 32.2. The van der Waals surface area contributed by atoms with Gasteiger partial charge in [-0.2, -0.15) is 13.2 Å². The number of piperidine rings is 1. The first kappa shape index (κ1) is 30.2. The molecule has 1 saturated heterocycles. The Morgan fingerprint density at radius 2 is 1.75 bits per heavy atom. The molecule has 1 saturated carbocycles. The number of nitrogens with one attached hydrogen (secondary N) is 1. The lowest BCUT2D eigenvalue weighted by Crippen LogP contribution is -2.40. The lowest BCUT2D eigenvalue weighted by molar-refractivity contribution is -0.140. The summed E-state index contributed by atoms with van der Waals surface area (Å²) in [5.74, 6) is -2.78. The van der Waals surface area contributed by atoms with Gasteiger partial charge in [0.1, 0.15) is 17.4 Å². The summed E-state index contributed by atoms with van der Waals surface area (Å²) in [5, 5.41) is 0. The number of hydrogen-bond donors (Lipinski definition) is 1. The Hall–Kier alpha value is -2.77. The van der Waals surface area contributed by atoms with Crippen LogP contribution in [0.4, 0.5) is 22.0 Å². The minimum atomic E-state index is -4.81. The van der Waals surface area contributed by atoms with Crippen LogP contribution in [0.5, 0.6) is 5.75 Å². The molecule has 0 aromatic heterocycles. The number of hydrogen-bond acceptors (Lipinski definition) is 6. The molecule has 2 aromatic rings. The first-order valence-corrected chi connectivity index (χ1v) is 14.7. The second-order valence-corrected chi connectivity index (χ2v) is 12.1. The second-order valence-electron chi connectivity index (χ2n) is 10.3. The maximum Gasteiger partial charge on any atom is 0.419 e. The molecule has 1 heterocycles. The molecule has 40 heavy (non-hydrogen) atoms. The van der Waals surface area contributed by atoms with Gasteiger partial charge in [-0.1, -0.05) is 6.07 Å². The van der Waals surface area contributed by atoms with E-state index in [1.807, 2.05) is 4.90 Å². The third-order valence-electron chi connectivity index (χ3n) is 7.21. The van der Waals surface area contributed by atoms with Gasteiger partial charge in [0, 0.05) is 13.2 Å². The van der Waals surface area contributed by atoms with Crippen molar-refractivity contribution in [2.75, 3.05) is 39.7 Å². The van der Waals surface area contributed by atoms with Gasteiger partial charge in [-0.3, -0.25) is 9.69 Å². The van der Waals surface area contributed by atoms with Crippen LogP contribution < -0.4 is 9.46 Å². The fourth-order valence-electron chi connectivity index (χ4n) is 4.98. The molecular formula is C27H31F5N2O5S. The van der Waals surface area contributed by atoms with Crippen molar-refractivity contribution in [2.45, 2.75) is 43.8 Å². The highest BCUT2D eigenvalue weighted by molar-refractivity contribution is 7.89. The average molecular weight is 591 g/mol. The van der Waals surface area contributed by atoms with E-state index in [9.17, 15) is 35.2 Å². The predicted molar refractivity (Wildman–Crippen MR) is 136 cm³/mol. The number of ether oxygens (including phenoxy) is 2. The number of likely N-dealkylation sites (tertiary alicyclic amines) is 1. The Labute approximate surface area is 229 Å². The molecular weight excluding hydrogens is 559 g/mol. The van der Waals surface area contributed by atoms with E-state index in [2.05, 4.69) is 0 Å². The SMILES string of the molecule is COC[C@@H](c1ccc(F)c(C(F)(F)F)c1)N1CCC(COc2cc(F)c(C(=O)NS(C)(=O)=O)cc2C2CC2)CC1. The summed E-state index contributed by atoms with van der Waals surface area (Å²) >= 11 is 0. The van der Waals surface area contributed by atoms with E-state index in [0.29, 0.717) is 42.8 Å². The molecule has 2 fully saturated rings. The van der Waals surface area contributed by atoms with Gasteiger partial charge in [-0.15, -0.1) is 0 Å². The first-order valence-electron chi connectivity index (χ1n) is 12.8. The molecule has 1 aliphatic carbocycles. The lowest BCUT2D eigenvalue weighted by Gasteiger charge is -2.37. The summed E-state index contributed by atoms with van der Waals surface area (Å²) in [7, 11) is -2.41.